The summed E-state index contributed by atoms with van der Waals surface area (Å²) in [6.07, 6.45) is 5.62. The largest absolute Gasteiger partial charge is 0.490 e. The molecule has 0 aromatic heterocycles. The van der Waals surface area contributed by atoms with Crippen LogP contribution in [0.15, 0.2) is 18.2 Å². The Kier molecular flexibility index (Phi) is 6.71. The molecule has 4 heteroatoms. The number of carboxylic acid groups (broad SMARTS) is 1. The van der Waals surface area contributed by atoms with Crippen molar-refractivity contribution in [1.82, 2.24) is 0 Å². The van der Waals surface area contributed by atoms with Crippen LogP contribution in [-0.2, 0) is 0 Å². The highest BCUT2D eigenvalue weighted by Gasteiger charge is 2.14. The van der Waals surface area contributed by atoms with Crippen molar-refractivity contribution in [1.29, 1.82) is 0 Å². The Bertz CT molecular complexity index is 418. The van der Waals surface area contributed by atoms with Crippen molar-refractivity contribution in [3.05, 3.63) is 28.8 Å². The molecule has 1 aromatic rings. The Morgan fingerprint density at radius 2 is 2.11 bits per heavy atom. The molecule has 0 radical (unpaired) electrons. The van der Waals surface area contributed by atoms with Crippen LogP contribution in [0.5, 0.6) is 5.75 Å². The predicted octanol–water partition coefficient (Wildman–Crippen LogP) is 4.78. The van der Waals surface area contributed by atoms with E-state index in [1.54, 1.807) is 12.1 Å². The zero-order valence-corrected chi connectivity index (χ0v) is 12.2. The first-order chi connectivity index (χ1) is 9.04. The van der Waals surface area contributed by atoms with Crippen LogP contribution >= 0.6 is 11.6 Å². The van der Waals surface area contributed by atoms with E-state index in [4.69, 9.17) is 21.4 Å². The minimum Gasteiger partial charge on any atom is -0.490 e. The summed E-state index contributed by atoms with van der Waals surface area (Å²) in [5.74, 6) is -0.646. The topological polar surface area (TPSA) is 46.5 Å². The second kappa shape index (κ2) is 8.05. The van der Waals surface area contributed by atoms with Gasteiger partial charge in [-0.25, -0.2) is 4.79 Å². The van der Waals surface area contributed by atoms with Gasteiger partial charge in [-0.05, 0) is 38.0 Å². The summed E-state index contributed by atoms with van der Waals surface area (Å²) < 4.78 is 5.70. The van der Waals surface area contributed by atoms with Crippen LogP contribution in [-0.4, -0.2) is 17.2 Å². The smallest absolute Gasteiger partial charge is 0.339 e. The number of benzene rings is 1. The van der Waals surface area contributed by atoms with Gasteiger partial charge in [0.2, 0.25) is 0 Å². The average molecular weight is 285 g/mol. The molecule has 0 amide bonds. The molecule has 0 saturated carbocycles. The quantitative estimate of drug-likeness (QED) is 0.699. The molecule has 1 aromatic carbocycles. The van der Waals surface area contributed by atoms with Gasteiger partial charge in [0.1, 0.15) is 11.3 Å². The summed E-state index contributed by atoms with van der Waals surface area (Å²) in [6.45, 7) is 4.13. The van der Waals surface area contributed by atoms with Gasteiger partial charge in [-0.15, -0.1) is 0 Å². The van der Waals surface area contributed by atoms with Crippen LogP contribution in [0.2, 0.25) is 5.02 Å². The number of rotatable bonds is 8. The highest BCUT2D eigenvalue weighted by atomic mass is 35.5. The third kappa shape index (κ3) is 5.52. The van der Waals surface area contributed by atoms with E-state index in [2.05, 4.69) is 6.92 Å². The van der Waals surface area contributed by atoms with Gasteiger partial charge in [-0.2, -0.15) is 0 Å². The second-order valence-electron chi connectivity index (χ2n) is 4.72. The van der Waals surface area contributed by atoms with Gasteiger partial charge in [-0.3, -0.25) is 0 Å². The molecule has 0 aliphatic rings. The molecule has 0 fully saturated rings. The summed E-state index contributed by atoms with van der Waals surface area (Å²) in [7, 11) is 0. The number of aromatic carboxylic acids is 1. The Morgan fingerprint density at radius 3 is 2.74 bits per heavy atom. The fraction of sp³-hybridized carbons (Fsp3) is 0.533. The Hall–Kier alpha value is -1.22. The van der Waals surface area contributed by atoms with Gasteiger partial charge in [0.05, 0.1) is 6.10 Å². The predicted molar refractivity (Wildman–Crippen MR) is 77.3 cm³/mol. The summed E-state index contributed by atoms with van der Waals surface area (Å²) in [6, 6.07) is 4.60. The van der Waals surface area contributed by atoms with Crippen molar-refractivity contribution in [2.75, 3.05) is 0 Å². The number of carbonyl (C=O) groups is 1. The molecule has 1 rings (SSSR count). The average Bonchev–Trinajstić information content (AvgIpc) is 2.34. The first-order valence-corrected chi connectivity index (χ1v) is 7.12. The number of carboxylic acids is 1. The van der Waals surface area contributed by atoms with Crippen LogP contribution in [0.3, 0.4) is 0 Å². The third-order valence-corrected chi connectivity index (χ3v) is 3.20. The number of hydrogen-bond donors (Lipinski definition) is 1. The van der Waals surface area contributed by atoms with E-state index in [-0.39, 0.29) is 11.7 Å². The normalized spacial score (nSPS) is 12.2. The van der Waals surface area contributed by atoms with Crippen molar-refractivity contribution < 1.29 is 14.6 Å². The number of hydrogen-bond acceptors (Lipinski definition) is 2. The lowest BCUT2D eigenvalue weighted by atomic mass is 10.1. The molecular weight excluding hydrogens is 264 g/mol. The molecule has 3 nitrogen and oxygen atoms in total. The molecular formula is C15H21ClO3. The number of unbranched alkanes of at least 4 members (excludes halogenated alkanes) is 3. The van der Waals surface area contributed by atoms with Gasteiger partial charge in [0.25, 0.3) is 0 Å². The van der Waals surface area contributed by atoms with E-state index in [1.807, 2.05) is 6.92 Å². The summed E-state index contributed by atoms with van der Waals surface area (Å²) >= 11 is 5.88. The Balaban J connectivity index is 2.60. The van der Waals surface area contributed by atoms with Crippen molar-refractivity contribution in [3.8, 4) is 5.75 Å². The number of ether oxygens (including phenoxy) is 1. The first-order valence-electron chi connectivity index (χ1n) is 6.74. The van der Waals surface area contributed by atoms with Gasteiger partial charge in [0.15, 0.2) is 0 Å². The monoisotopic (exact) mass is 284 g/mol. The Labute approximate surface area is 119 Å². The summed E-state index contributed by atoms with van der Waals surface area (Å²) in [5, 5.41) is 9.58. The maximum absolute atomic E-state index is 11.1. The fourth-order valence-corrected chi connectivity index (χ4v) is 2.07. The third-order valence-electron chi connectivity index (χ3n) is 2.97. The van der Waals surface area contributed by atoms with E-state index >= 15 is 0 Å². The lowest BCUT2D eigenvalue weighted by molar-refractivity contribution is 0.0689. The minimum atomic E-state index is -0.996. The molecule has 106 valence electrons. The molecule has 0 bridgehead atoms. The van der Waals surface area contributed by atoms with Crippen LogP contribution in [0.25, 0.3) is 0 Å². The SMILES string of the molecule is CCCCCCC(C)Oc1cc(Cl)ccc1C(=O)O. The van der Waals surface area contributed by atoms with E-state index < -0.39 is 5.97 Å². The van der Waals surface area contributed by atoms with Gasteiger partial charge < -0.3 is 9.84 Å². The molecule has 0 heterocycles. The van der Waals surface area contributed by atoms with E-state index in [0.29, 0.717) is 10.8 Å². The highest BCUT2D eigenvalue weighted by molar-refractivity contribution is 6.30. The summed E-state index contributed by atoms with van der Waals surface area (Å²) in [5.41, 5.74) is 0.157. The Morgan fingerprint density at radius 1 is 1.37 bits per heavy atom. The van der Waals surface area contributed by atoms with Crippen molar-refractivity contribution in [2.45, 2.75) is 52.1 Å². The molecule has 1 N–H and O–H groups in total. The van der Waals surface area contributed by atoms with Crippen LogP contribution in [0.4, 0.5) is 0 Å². The van der Waals surface area contributed by atoms with Gasteiger partial charge >= 0.3 is 5.97 Å². The summed E-state index contributed by atoms with van der Waals surface area (Å²) in [4.78, 5) is 11.1. The van der Waals surface area contributed by atoms with E-state index in [0.717, 1.165) is 12.8 Å². The maximum Gasteiger partial charge on any atom is 0.339 e. The van der Waals surface area contributed by atoms with Crippen molar-refractivity contribution >= 4 is 17.6 Å². The number of halogens is 1. The fourth-order valence-electron chi connectivity index (χ4n) is 1.90. The minimum absolute atomic E-state index is 0.00609. The van der Waals surface area contributed by atoms with Crippen molar-refractivity contribution in [2.24, 2.45) is 0 Å². The van der Waals surface area contributed by atoms with Crippen LogP contribution < -0.4 is 4.74 Å². The molecule has 1 atom stereocenters. The van der Waals surface area contributed by atoms with Gasteiger partial charge in [0, 0.05) is 5.02 Å². The lowest BCUT2D eigenvalue weighted by Crippen LogP contribution is -2.14. The molecule has 0 saturated heterocycles. The zero-order chi connectivity index (χ0) is 14.3. The van der Waals surface area contributed by atoms with Crippen molar-refractivity contribution in [3.63, 3.8) is 0 Å². The molecule has 1 unspecified atom stereocenters. The molecule has 0 spiro atoms. The highest BCUT2D eigenvalue weighted by Crippen LogP contribution is 2.25. The molecule has 0 aliphatic heterocycles. The van der Waals surface area contributed by atoms with E-state index in [9.17, 15) is 4.79 Å². The molecule has 19 heavy (non-hydrogen) atoms. The molecule has 0 aliphatic carbocycles. The second-order valence-corrected chi connectivity index (χ2v) is 5.16. The lowest BCUT2D eigenvalue weighted by Gasteiger charge is -2.16. The zero-order valence-electron chi connectivity index (χ0n) is 11.5. The first kappa shape index (κ1) is 15.8. The van der Waals surface area contributed by atoms with Gasteiger partial charge in [-0.1, -0.05) is 37.8 Å². The van der Waals surface area contributed by atoms with E-state index in [1.165, 1.54) is 25.3 Å². The van der Waals surface area contributed by atoms with Crippen LogP contribution in [0, 0.1) is 0 Å². The standard InChI is InChI=1S/C15H21ClO3/c1-3-4-5-6-7-11(2)19-14-10-12(16)8-9-13(14)15(17)18/h8-11H,3-7H2,1-2H3,(H,17,18). The maximum atomic E-state index is 11.1. The van der Waals surface area contributed by atoms with Crippen LogP contribution in [0.1, 0.15) is 56.3 Å².